The third-order valence-corrected chi connectivity index (χ3v) is 5.39. The molecule has 2 rings (SSSR count). The van der Waals surface area contributed by atoms with Crippen LogP contribution in [0.15, 0.2) is 47.4 Å². The third-order valence-electron chi connectivity index (χ3n) is 3.52. The summed E-state index contributed by atoms with van der Waals surface area (Å²) in [5, 5.41) is 0. The highest BCUT2D eigenvalue weighted by atomic mass is 32.2. The highest BCUT2D eigenvalue weighted by Crippen LogP contribution is 2.27. The van der Waals surface area contributed by atoms with Crippen molar-refractivity contribution in [1.82, 2.24) is 0 Å². The predicted octanol–water partition coefficient (Wildman–Crippen LogP) is 2.59. The van der Waals surface area contributed by atoms with Crippen molar-refractivity contribution in [2.75, 3.05) is 11.4 Å². The monoisotopic (exact) mass is 304 g/mol. The first-order valence-electron chi connectivity index (χ1n) is 6.72. The second-order valence-corrected chi connectivity index (χ2v) is 7.01. The van der Waals surface area contributed by atoms with E-state index in [9.17, 15) is 8.42 Å². The SMILES string of the molecule is Cc1ccc(N(C)S(=O)(=O)c2ccccc2CN)c(C)c1. The molecule has 0 amide bonds. The van der Waals surface area contributed by atoms with Crippen molar-refractivity contribution in [2.45, 2.75) is 25.3 Å². The Bertz CT molecular complexity index is 755. The molecular formula is C16H20N2O2S. The van der Waals surface area contributed by atoms with E-state index in [1.807, 2.05) is 32.0 Å². The zero-order valence-electron chi connectivity index (χ0n) is 12.5. The summed E-state index contributed by atoms with van der Waals surface area (Å²) in [5.74, 6) is 0. The van der Waals surface area contributed by atoms with Crippen molar-refractivity contribution in [3.63, 3.8) is 0 Å². The minimum Gasteiger partial charge on any atom is -0.326 e. The first-order valence-corrected chi connectivity index (χ1v) is 8.16. The molecule has 2 aromatic carbocycles. The Morgan fingerprint density at radius 2 is 1.76 bits per heavy atom. The van der Waals surface area contributed by atoms with Gasteiger partial charge in [0.1, 0.15) is 0 Å². The van der Waals surface area contributed by atoms with Crippen LogP contribution in [0.1, 0.15) is 16.7 Å². The molecule has 0 bridgehead atoms. The van der Waals surface area contributed by atoms with E-state index in [0.29, 0.717) is 11.3 Å². The molecule has 5 heteroatoms. The lowest BCUT2D eigenvalue weighted by molar-refractivity contribution is 0.593. The lowest BCUT2D eigenvalue weighted by Gasteiger charge is -2.23. The quantitative estimate of drug-likeness (QED) is 0.944. The molecule has 112 valence electrons. The van der Waals surface area contributed by atoms with Gasteiger partial charge in [-0.2, -0.15) is 0 Å². The molecule has 0 aliphatic rings. The fourth-order valence-corrected chi connectivity index (χ4v) is 3.85. The van der Waals surface area contributed by atoms with Gasteiger partial charge in [-0.15, -0.1) is 0 Å². The lowest BCUT2D eigenvalue weighted by atomic mass is 10.1. The molecule has 2 N–H and O–H groups in total. The topological polar surface area (TPSA) is 63.4 Å². The second kappa shape index (κ2) is 5.87. The Hall–Kier alpha value is -1.85. The van der Waals surface area contributed by atoms with Gasteiger partial charge in [-0.25, -0.2) is 8.42 Å². The van der Waals surface area contributed by atoms with Gasteiger partial charge in [0.25, 0.3) is 10.0 Å². The van der Waals surface area contributed by atoms with Crippen molar-refractivity contribution in [3.05, 3.63) is 59.2 Å². The van der Waals surface area contributed by atoms with Gasteiger partial charge in [0.2, 0.25) is 0 Å². The normalized spacial score (nSPS) is 11.4. The summed E-state index contributed by atoms with van der Waals surface area (Å²) in [5.41, 5.74) is 8.97. The number of rotatable bonds is 4. The number of hydrogen-bond donors (Lipinski definition) is 1. The molecule has 21 heavy (non-hydrogen) atoms. The van der Waals surface area contributed by atoms with Gasteiger partial charge in [0.15, 0.2) is 0 Å². The Labute approximate surface area is 126 Å². The predicted molar refractivity (Wildman–Crippen MR) is 85.8 cm³/mol. The van der Waals surface area contributed by atoms with Crippen LogP contribution in [-0.4, -0.2) is 15.5 Å². The Kier molecular flexibility index (Phi) is 4.34. The van der Waals surface area contributed by atoms with Crippen LogP contribution >= 0.6 is 0 Å². The second-order valence-electron chi connectivity index (χ2n) is 5.07. The van der Waals surface area contributed by atoms with Gasteiger partial charge in [-0.1, -0.05) is 35.9 Å². The van der Waals surface area contributed by atoms with Crippen LogP contribution in [-0.2, 0) is 16.6 Å². The van der Waals surface area contributed by atoms with Gasteiger partial charge < -0.3 is 5.73 Å². The van der Waals surface area contributed by atoms with Crippen LogP contribution in [0.25, 0.3) is 0 Å². The first kappa shape index (κ1) is 15.5. The van der Waals surface area contributed by atoms with Crippen molar-refractivity contribution in [2.24, 2.45) is 5.73 Å². The molecule has 0 saturated carbocycles. The zero-order chi connectivity index (χ0) is 15.6. The third kappa shape index (κ3) is 2.94. The Morgan fingerprint density at radius 1 is 1.10 bits per heavy atom. The molecule has 0 radical (unpaired) electrons. The number of benzene rings is 2. The van der Waals surface area contributed by atoms with Gasteiger partial charge in [-0.05, 0) is 37.1 Å². The minimum absolute atomic E-state index is 0.191. The molecule has 4 nitrogen and oxygen atoms in total. The summed E-state index contributed by atoms with van der Waals surface area (Å²) < 4.78 is 27.0. The minimum atomic E-state index is -3.62. The fraction of sp³-hybridized carbons (Fsp3) is 0.250. The van der Waals surface area contributed by atoms with Crippen molar-refractivity contribution < 1.29 is 8.42 Å². The van der Waals surface area contributed by atoms with E-state index in [0.717, 1.165) is 11.1 Å². The number of nitrogens with zero attached hydrogens (tertiary/aromatic N) is 1. The molecule has 0 atom stereocenters. The van der Waals surface area contributed by atoms with E-state index >= 15 is 0 Å². The fourth-order valence-electron chi connectivity index (χ4n) is 2.36. The summed E-state index contributed by atoms with van der Waals surface area (Å²) in [6, 6.07) is 12.5. The summed E-state index contributed by atoms with van der Waals surface area (Å²) in [6.07, 6.45) is 0. The number of hydrogen-bond acceptors (Lipinski definition) is 3. The summed E-state index contributed by atoms with van der Waals surface area (Å²) in [4.78, 5) is 0.259. The van der Waals surface area contributed by atoms with Crippen molar-refractivity contribution in [3.8, 4) is 0 Å². The van der Waals surface area contributed by atoms with E-state index < -0.39 is 10.0 Å². The standard InChI is InChI=1S/C16H20N2O2S/c1-12-8-9-15(13(2)10-12)18(3)21(19,20)16-7-5-4-6-14(16)11-17/h4-10H,11,17H2,1-3H3. The molecule has 0 saturated heterocycles. The van der Waals surface area contributed by atoms with Crippen molar-refractivity contribution in [1.29, 1.82) is 0 Å². The van der Waals surface area contributed by atoms with Crippen LogP contribution in [0.2, 0.25) is 0 Å². The molecule has 0 spiro atoms. The summed E-state index contributed by atoms with van der Waals surface area (Å²) in [7, 11) is -2.05. The van der Waals surface area contributed by atoms with Gasteiger partial charge in [0.05, 0.1) is 10.6 Å². The maximum Gasteiger partial charge on any atom is 0.264 e. The maximum atomic E-state index is 12.8. The Balaban J connectivity index is 2.53. The lowest BCUT2D eigenvalue weighted by Crippen LogP contribution is -2.28. The van der Waals surface area contributed by atoms with E-state index in [-0.39, 0.29) is 11.4 Å². The van der Waals surface area contributed by atoms with E-state index in [1.165, 1.54) is 4.31 Å². The molecule has 0 aromatic heterocycles. The molecule has 0 aliphatic heterocycles. The van der Waals surface area contributed by atoms with E-state index in [2.05, 4.69) is 0 Å². The van der Waals surface area contributed by atoms with Crippen LogP contribution in [0.3, 0.4) is 0 Å². The number of nitrogens with two attached hydrogens (primary N) is 1. The number of sulfonamides is 1. The van der Waals surface area contributed by atoms with Crippen LogP contribution in [0, 0.1) is 13.8 Å². The molecule has 0 heterocycles. The average molecular weight is 304 g/mol. The number of anilines is 1. The van der Waals surface area contributed by atoms with Crippen LogP contribution in [0.4, 0.5) is 5.69 Å². The van der Waals surface area contributed by atoms with E-state index in [1.54, 1.807) is 31.3 Å². The van der Waals surface area contributed by atoms with Crippen molar-refractivity contribution >= 4 is 15.7 Å². The van der Waals surface area contributed by atoms with Crippen LogP contribution in [0.5, 0.6) is 0 Å². The summed E-state index contributed by atoms with van der Waals surface area (Å²) >= 11 is 0. The summed E-state index contributed by atoms with van der Waals surface area (Å²) in [6.45, 7) is 4.08. The first-order chi connectivity index (χ1) is 9.87. The highest BCUT2D eigenvalue weighted by molar-refractivity contribution is 7.92. The highest BCUT2D eigenvalue weighted by Gasteiger charge is 2.24. The number of aryl methyl sites for hydroxylation is 2. The molecule has 2 aromatic rings. The smallest absolute Gasteiger partial charge is 0.264 e. The van der Waals surface area contributed by atoms with E-state index in [4.69, 9.17) is 5.73 Å². The molecule has 0 unspecified atom stereocenters. The molecular weight excluding hydrogens is 284 g/mol. The zero-order valence-corrected chi connectivity index (χ0v) is 13.3. The maximum absolute atomic E-state index is 12.8. The van der Waals surface area contributed by atoms with Crippen LogP contribution < -0.4 is 10.0 Å². The average Bonchev–Trinajstić information content (AvgIpc) is 2.46. The molecule has 0 aliphatic carbocycles. The van der Waals surface area contributed by atoms with Gasteiger partial charge >= 0.3 is 0 Å². The van der Waals surface area contributed by atoms with Gasteiger partial charge in [-0.3, -0.25) is 4.31 Å². The Morgan fingerprint density at radius 3 is 2.38 bits per heavy atom. The largest absolute Gasteiger partial charge is 0.326 e. The van der Waals surface area contributed by atoms with Gasteiger partial charge in [0, 0.05) is 13.6 Å². The molecule has 0 fully saturated rings.